The molecule has 0 radical (unpaired) electrons. The summed E-state index contributed by atoms with van der Waals surface area (Å²) in [6.45, 7) is 4.43. The summed E-state index contributed by atoms with van der Waals surface area (Å²) in [5, 5.41) is 5.37. The number of sulfonamides is 1. The first kappa shape index (κ1) is 20.0. The molecule has 0 aliphatic carbocycles. The van der Waals surface area contributed by atoms with E-state index < -0.39 is 15.9 Å². The first-order valence-electron chi connectivity index (χ1n) is 9.05. The van der Waals surface area contributed by atoms with Crippen molar-refractivity contribution in [3.63, 3.8) is 0 Å². The van der Waals surface area contributed by atoms with Crippen molar-refractivity contribution in [3.05, 3.63) is 59.7 Å². The van der Waals surface area contributed by atoms with Crippen molar-refractivity contribution in [2.75, 3.05) is 25.0 Å². The summed E-state index contributed by atoms with van der Waals surface area (Å²) in [4.78, 5) is 24.1. The highest BCUT2D eigenvalue weighted by Gasteiger charge is 2.29. The van der Waals surface area contributed by atoms with Crippen LogP contribution in [0.3, 0.4) is 0 Å². The first-order chi connectivity index (χ1) is 13.3. The molecule has 1 aliphatic rings. The van der Waals surface area contributed by atoms with E-state index in [4.69, 9.17) is 0 Å². The lowest BCUT2D eigenvalue weighted by atomic mass is 10.0. The number of nitrogens with one attached hydrogen (secondary N) is 2. The Hall–Kier alpha value is -2.71. The van der Waals surface area contributed by atoms with E-state index >= 15 is 0 Å². The number of anilines is 1. The molecule has 148 valence electrons. The second kappa shape index (κ2) is 8.12. The lowest BCUT2D eigenvalue weighted by Gasteiger charge is -2.26. The summed E-state index contributed by atoms with van der Waals surface area (Å²) in [6, 6.07) is 13.4. The highest BCUT2D eigenvalue weighted by molar-refractivity contribution is 7.89. The number of hydrogen-bond acceptors (Lipinski definition) is 4. The van der Waals surface area contributed by atoms with E-state index in [9.17, 15) is 18.0 Å². The van der Waals surface area contributed by atoms with Crippen LogP contribution < -0.4 is 10.6 Å². The largest absolute Gasteiger partial charge is 0.354 e. The maximum atomic E-state index is 12.8. The molecule has 7 nitrogen and oxygen atoms in total. The van der Waals surface area contributed by atoms with E-state index in [-0.39, 0.29) is 36.0 Å². The summed E-state index contributed by atoms with van der Waals surface area (Å²) in [7, 11) is -3.85. The number of nitrogens with zero attached hydrogens (tertiary/aromatic N) is 1. The fourth-order valence-electron chi connectivity index (χ4n) is 2.92. The minimum atomic E-state index is -3.85. The van der Waals surface area contributed by atoms with E-state index in [1.54, 1.807) is 6.07 Å². The fourth-order valence-corrected chi connectivity index (χ4v) is 4.37. The number of rotatable bonds is 5. The Morgan fingerprint density at radius 3 is 2.50 bits per heavy atom. The van der Waals surface area contributed by atoms with Gasteiger partial charge in [-0.1, -0.05) is 32.0 Å². The summed E-state index contributed by atoms with van der Waals surface area (Å²) in [6.07, 6.45) is 0. The van der Waals surface area contributed by atoms with Gasteiger partial charge in [0.1, 0.15) is 0 Å². The lowest BCUT2D eigenvalue weighted by molar-refractivity contribution is -0.122. The molecule has 1 saturated heterocycles. The van der Waals surface area contributed by atoms with Crippen LogP contribution in [-0.2, 0) is 14.8 Å². The van der Waals surface area contributed by atoms with Gasteiger partial charge in [-0.3, -0.25) is 9.59 Å². The third-order valence-corrected chi connectivity index (χ3v) is 6.41. The summed E-state index contributed by atoms with van der Waals surface area (Å²) in [5.41, 5.74) is 2.03. The molecule has 1 heterocycles. The van der Waals surface area contributed by atoms with Crippen LogP contribution in [-0.4, -0.2) is 44.2 Å². The van der Waals surface area contributed by atoms with Gasteiger partial charge in [0.25, 0.3) is 5.91 Å². The molecule has 1 aliphatic heterocycles. The number of piperazine rings is 1. The standard InChI is InChI=1S/C20H23N3O4S/c1-14(2)15-6-8-17(9-7-15)22-20(25)16-4-3-5-18(12-16)28(26,27)23-11-10-21-19(24)13-23/h3-9,12,14H,10-11,13H2,1-2H3,(H,21,24)(H,22,25). The smallest absolute Gasteiger partial charge is 0.255 e. The second-order valence-corrected chi connectivity index (χ2v) is 8.89. The highest BCUT2D eigenvalue weighted by atomic mass is 32.2. The predicted molar refractivity (Wildman–Crippen MR) is 107 cm³/mol. The monoisotopic (exact) mass is 401 g/mol. The number of benzene rings is 2. The average molecular weight is 401 g/mol. The molecule has 0 atom stereocenters. The normalized spacial score (nSPS) is 15.3. The van der Waals surface area contributed by atoms with Gasteiger partial charge < -0.3 is 10.6 Å². The van der Waals surface area contributed by atoms with Crippen LogP contribution in [0.5, 0.6) is 0 Å². The Morgan fingerprint density at radius 2 is 1.86 bits per heavy atom. The summed E-state index contributed by atoms with van der Waals surface area (Å²) < 4.78 is 26.7. The molecule has 1 fully saturated rings. The molecular weight excluding hydrogens is 378 g/mol. The first-order valence-corrected chi connectivity index (χ1v) is 10.5. The van der Waals surface area contributed by atoms with Gasteiger partial charge in [0, 0.05) is 24.3 Å². The molecule has 2 aromatic rings. The second-order valence-electron chi connectivity index (χ2n) is 6.95. The molecule has 2 aromatic carbocycles. The number of carbonyl (C=O) groups excluding carboxylic acids is 2. The van der Waals surface area contributed by atoms with Crippen LogP contribution in [0.15, 0.2) is 53.4 Å². The van der Waals surface area contributed by atoms with Gasteiger partial charge in [-0.15, -0.1) is 0 Å². The fraction of sp³-hybridized carbons (Fsp3) is 0.300. The van der Waals surface area contributed by atoms with Crippen molar-refractivity contribution < 1.29 is 18.0 Å². The van der Waals surface area contributed by atoms with E-state index in [0.29, 0.717) is 11.6 Å². The molecule has 0 spiro atoms. The van der Waals surface area contributed by atoms with Crippen LogP contribution in [0.4, 0.5) is 5.69 Å². The Balaban J connectivity index is 1.78. The Morgan fingerprint density at radius 1 is 1.14 bits per heavy atom. The lowest BCUT2D eigenvalue weighted by Crippen LogP contribution is -2.49. The third-order valence-electron chi connectivity index (χ3n) is 4.57. The molecule has 0 bridgehead atoms. The quantitative estimate of drug-likeness (QED) is 0.803. The van der Waals surface area contributed by atoms with Gasteiger partial charge in [0.05, 0.1) is 11.4 Å². The summed E-state index contributed by atoms with van der Waals surface area (Å²) in [5.74, 6) is -0.345. The molecule has 0 saturated carbocycles. The minimum Gasteiger partial charge on any atom is -0.354 e. The molecule has 0 unspecified atom stereocenters. The molecule has 2 N–H and O–H groups in total. The summed E-state index contributed by atoms with van der Waals surface area (Å²) >= 11 is 0. The molecule has 8 heteroatoms. The topological polar surface area (TPSA) is 95.6 Å². The third kappa shape index (κ3) is 4.40. The van der Waals surface area contributed by atoms with E-state index in [1.807, 2.05) is 24.3 Å². The van der Waals surface area contributed by atoms with Crippen molar-refractivity contribution in [2.24, 2.45) is 0 Å². The molecular formula is C20H23N3O4S. The van der Waals surface area contributed by atoms with Crippen LogP contribution in [0.25, 0.3) is 0 Å². The van der Waals surface area contributed by atoms with Gasteiger partial charge in [-0.25, -0.2) is 8.42 Å². The van der Waals surface area contributed by atoms with Crippen molar-refractivity contribution in [1.82, 2.24) is 9.62 Å². The molecule has 0 aromatic heterocycles. The van der Waals surface area contributed by atoms with Gasteiger partial charge in [0.15, 0.2) is 0 Å². The number of carbonyl (C=O) groups is 2. The predicted octanol–water partition coefficient (Wildman–Crippen LogP) is 2.18. The molecule has 3 rings (SSSR count). The number of hydrogen-bond donors (Lipinski definition) is 2. The van der Waals surface area contributed by atoms with Gasteiger partial charge in [-0.2, -0.15) is 4.31 Å². The average Bonchev–Trinajstić information content (AvgIpc) is 2.68. The molecule has 28 heavy (non-hydrogen) atoms. The van der Waals surface area contributed by atoms with E-state index in [2.05, 4.69) is 24.5 Å². The van der Waals surface area contributed by atoms with Crippen LogP contribution in [0.2, 0.25) is 0 Å². The van der Waals surface area contributed by atoms with E-state index in [1.165, 1.54) is 18.2 Å². The molecule has 2 amide bonds. The van der Waals surface area contributed by atoms with Gasteiger partial charge >= 0.3 is 0 Å². The van der Waals surface area contributed by atoms with Crippen LogP contribution in [0.1, 0.15) is 35.7 Å². The van der Waals surface area contributed by atoms with Crippen LogP contribution in [0, 0.1) is 0 Å². The van der Waals surface area contributed by atoms with Crippen molar-refractivity contribution in [1.29, 1.82) is 0 Å². The zero-order valence-corrected chi connectivity index (χ0v) is 16.6. The SMILES string of the molecule is CC(C)c1ccc(NC(=O)c2cccc(S(=O)(=O)N3CCNC(=O)C3)c2)cc1. The maximum Gasteiger partial charge on any atom is 0.255 e. The highest BCUT2D eigenvalue weighted by Crippen LogP contribution is 2.20. The van der Waals surface area contributed by atoms with Crippen molar-refractivity contribution >= 4 is 27.5 Å². The van der Waals surface area contributed by atoms with Gasteiger partial charge in [0.2, 0.25) is 15.9 Å². The van der Waals surface area contributed by atoms with Crippen molar-refractivity contribution in [3.8, 4) is 0 Å². The Kier molecular flexibility index (Phi) is 5.81. The Labute approximate surface area is 164 Å². The Bertz CT molecular complexity index is 985. The van der Waals surface area contributed by atoms with Crippen LogP contribution >= 0.6 is 0 Å². The van der Waals surface area contributed by atoms with E-state index in [0.717, 1.165) is 9.87 Å². The number of amides is 2. The zero-order valence-electron chi connectivity index (χ0n) is 15.8. The van der Waals surface area contributed by atoms with Gasteiger partial charge in [-0.05, 0) is 41.8 Å². The zero-order chi connectivity index (χ0) is 20.3. The maximum absolute atomic E-state index is 12.8. The van der Waals surface area contributed by atoms with Crippen molar-refractivity contribution in [2.45, 2.75) is 24.7 Å². The minimum absolute atomic E-state index is 0.00925.